The molecule has 1 aliphatic carbocycles. The van der Waals surface area contributed by atoms with Gasteiger partial charge in [0, 0.05) is 17.8 Å². The van der Waals surface area contributed by atoms with E-state index in [1.54, 1.807) is 12.1 Å². The van der Waals surface area contributed by atoms with E-state index in [9.17, 15) is 9.90 Å². The number of carbonyl (C=O) groups is 1. The van der Waals surface area contributed by atoms with Crippen LogP contribution >= 0.6 is 11.6 Å². The second-order valence-corrected chi connectivity index (χ2v) is 5.85. The number of carbonyl (C=O) groups excluding carboxylic acids is 1. The highest BCUT2D eigenvalue weighted by molar-refractivity contribution is 6.29. The van der Waals surface area contributed by atoms with E-state index in [-0.39, 0.29) is 12.0 Å². The number of pyridine rings is 1. The SMILES string of the molecule is CCCc1cc(C(=O)NCC2CCC(O)C2)cc(Cl)n1. The van der Waals surface area contributed by atoms with E-state index < -0.39 is 0 Å². The summed E-state index contributed by atoms with van der Waals surface area (Å²) in [5.41, 5.74) is 1.41. The Kier molecular flexibility index (Phi) is 5.38. The molecule has 0 spiro atoms. The third-order valence-corrected chi connectivity index (χ3v) is 3.87. The second kappa shape index (κ2) is 7.04. The van der Waals surface area contributed by atoms with E-state index >= 15 is 0 Å². The number of aliphatic hydroxyl groups excluding tert-OH is 1. The molecular formula is C15H21ClN2O2. The first-order valence-electron chi connectivity index (χ1n) is 7.21. The van der Waals surface area contributed by atoms with Crippen LogP contribution in [0.5, 0.6) is 0 Å². The zero-order valence-electron chi connectivity index (χ0n) is 11.7. The summed E-state index contributed by atoms with van der Waals surface area (Å²) in [6, 6.07) is 3.40. The minimum absolute atomic E-state index is 0.118. The Morgan fingerprint density at radius 3 is 2.95 bits per heavy atom. The maximum atomic E-state index is 12.1. The molecule has 0 bridgehead atoms. The van der Waals surface area contributed by atoms with E-state index in [0.29, 0.717) is 23.2 Å². The fourth-order valence-electron chi connectivity index (χ4n) is 2.64. The van der Waals surface area contributed by atoms with Gasteiger partial charge in [0.25, 0.3) is 5.91 Å². The van der Waals surface area contributed by atoms with Crippen molar-refractivity contribution in [3.8, 4) is 0 Å². The molecule has 2 atom stereocenters. The van der Waals surface area contributed by atoms with Gasteiger partial charge in [-0.15, -0.1) is 0 Å². The van der Waals surface area contributed by atoms with E-state index in [2.05, 4.69) is 17.2 Å². The topological polar surface area (TPSA) is 62.2 Å². The molecule has 110 valence electrons. The molecule has 4 nitrogen and oxygen atoms in total. The number of nitrogens with one attached hydrogen (secondary N) is 1. The molecule has 20 heavy (non-hydrogen) atoms. The van der Waals surface area contributed by atoms with Crippen LogP contribution in [0.25, 0.3) is 0 Å². The van der Waals surface area contributed by atoms with Gasteiger partial charge in [-0.3, -0.25) is 4.79 Å². The molecule has 1 saturated carbocycles. The van der Waals surface area contributed by atoms with Gasteiger partial charge < -0.3 is 10.4 Å². The summed E-state index contributed by atoms with van der Waals surface area (Å²) in [4.78, 5) is 16.3. The number of hydrogen-bond donors (Lipinski definition) is 2. The number of nitrogens with zero attached hydrogens (tertiary/aromatic N) is 1. The van der Waals surface area contributed by atoms with Gasteiger partial charge in [-0.2, -0.15) is 0 Å². The lowest BCUT2D eigenvalue weighted by molar-refractivity contribution is 0.0945. The van der Waals surface area contributed by atoms with Crippen molar-refractivity contribution in [2.24, 2.45) is 5.92 Å². The second-order valence-electron chi connectivity index (χ2n) is 5.46. The zero-order chi connectivity index (χ0) is 14.5. The quantitative estimate of drug-likeness (QED) is 0.821. The number of aliphatic hydroxyl groups is 1. The molecule has 2 N–H and O–H groups in total. The average molecular weight is 297 g/mol. The number of rotatable bonds is 5. The molecule has 2 rings (SSSR count). The molecule has 1 fully saturated rings. The molecule has 1 heterocycles. The first-order chi connectivity index (χ1) is 9.58. The number of halogens is 1. The molecule has 0 radical (unpaired) electrons. The molecule has 1 aromatic heterocycles. The Morgan fingerprint density at radius 1 is 1.50 bits per heavy atom. The van der Waals surface area contributed by atoms with Crippen LogP contribution in [-0.2, 0) is 6.42 Å². The first kappa shape index (κ1) is 15.3. The summed E-state index contributed by atoms with van der Waals surface area (Å²) in [6.07, 6.45) is 4.16. The first-order valence-corrected chi connectivity index (χ1v) is 7.59. The van der Waals surface area contributed by atoms with Crippen molar-refractivity contribution in [2.75, 3.05) is 6.54 Å². The summed E-state index contributed by atoms with van der Waals surface area (Å²) in [5, 5.41) is 12.8. The minimum Gasteiger partial charge on any atom is -0.393 e. The van der Waals surface area contributed by atoms with Crippen molar-refractivity contribution in [3.05, 3.63) is 28.5 Å². The number of hydrogen-bond acceptors (Lipinski definition) is 3. The fraction of sp³-hybridized carbons (Fsp3) is 0.600. The molecule has 0 aliphatic heterocycles. The Hall–Kier alpha value is -1.13. The van der Waals surface area contributed by atoms with E-state index in [1.807, 2.05) is 0 Å². The molecule has 0 saturated heterocycles. The molecule has 2 unspecified atom stereocenters. The maximum Gasteiger partial charge on any atom is 0.251 e. The smallest absolute Gasteiger partial charge is 0.251 e. The Bertz CT molecular complexity index is 479. The van der Waals surface area contributed by atoms with E-state index in [0.717, 1.165) is 37.8 Å². The average Bonchev–Trinajstić information content (AvgIpc) is 2.81. The van der Waals surface area contributed by atoms with Crippen LogP contribution in [-0.4, -0.2) is 28.6 Å². The van der Waals surface area contributed by atoms with Gasteiger partial charge in [0.15, 0.2) is 0 Å². The van der Waals surface area contributed by atoms with Crippen LogP contribution in [0.2, 0.25) is 5.15 Å². The van der Waals surface area contributed by atoms with Crippen molar-refractivity contribution in [1.29, 1.82) is 0 Å². The Labute approximate surface area is 124 Å². The van der Waals surface area contributed by atoms with Crippen LogP contribution in [0.3, 0.4) is 0 Å². The lowest BCUT2D eigenvalue weighted by Crippen LogP contribution is -2.28. The molecule has 1 aromatic rings. The van der Waals surface area contributed by atoms with Gasteiger partial charge in [-0.1, -0.05) is 24.9 Å². The van der Waals surface area contributed by atoms with Gasteiger partial charge in [-0.05, 0) is 43.7 Å². The van der Waals surface area contributed by atoms with Crippen LogP contribution < -0.4 is 5.32 Å². The maximum absolute atomic E-state index is 12.1. The van der Waals surface area contributed by atoms with Crippen LogP contribution in [0, 0.1) is 5.92 Å². The van der Waals surface area contributed by atoms with Gasteiger partial charge >= 0.3 is 0 Å². The summed E-state index contributed by atoms with van der Waals surface area (Å²) in [6.45, 7) is 2.67. The highest BCUT2D eigenvalue weighted by Crippen LogP contribution is 2.24. The van der Waals surface area contributed by atoms with Crippen molar-refractivity contribution in [2.45, 2.75) is 45.1 Å². The fourth-order valence-corrected chi connectivity index (χ4v) is 2.87. The molecule has 0 aromatic carbocycles. The van der Waals surface area contributed by atoms with Crippen LogP contribution in [0.1, 0.15) is 48.7 Å². The third kappa shape index (κ3) is 4.18. The van der Waals surface area contributed by atoms with Crippen molar-refractivity contribution in [3.63, 3.8) is 0 Å². The van der Waals surface area contributed by atoms with E-state index in [1.165, 1.54) is 0 Å². The van der Waals surface area contributed by atoms with Gasteiger partial charge in [0.05, 0.1) is 6.10 Å². The number of aryl methyl sites for hydroxylation is 1. The predicted octanol–water partition coefficient (Wildman–Crippen LogP) is 2.58. The molecule has 1 amide bonds. The normalized spacial score (nSPS) is 21.9. The van der Waals surface area contributed by atoms with Gasteiger partial charge in [0.1, 0.15) is 5.15 Å². The van der Waals surface area contributed by atoms with Crippen LogP contribution in [0.15, 0.2) is 12.1 Å². The molecular weight excluding hydrogens is 276 g/mol. The molecule has 1 aliphatic rings. The Balaban J connectivity index is 1.94. The summed E-state index contributed by atoms with van der Waals surface area (Å²) in [5.74, 6) is 0.259. The highest BCUT2D eigenvalue weighted by Gasteiger charge is 2.23. The van der Waals surface area contributed by atoms with Crippen molar-refractivity contribution in [1.82, 2.24) is 10.3 Å². The lowest BCUT2D eigenvalue weighted by Gasteiger charge is -2.11. The van der Waals surface area contributed by atoms with Gasteiger partial charge in [-0.25, -0.2) is 4.98 Å². The summed E-state index contributed by atoms with van der Waals surface area (Å²) >= 11 is 5.95. The van der Waals surface area contributed by atoms with Crippen molar-refractivity contribution < 1.29 is 9.90 Å². The monoisotopic (exact) mass is 296 g/mol. The summed E-state index contributed by atoms with van der Waals surface area (Å²) < 4.78 is 0. The number of aromatic nitrogens is 1. The largest absolute Gasteiger partial charge is 0.393 e. The third-order valence-electron chi connectivity index (χ3n) is 3.68. The highest BCUT2D eigenvalue weighted by atomic mass is 35.5. The summed E-state index contributed by atoms with van der Waals surface area (Å²) in [7, 11) is 0. The zero-order valence-corrected chi connectivity index (χ0v) is 12.5. The minimum atomic E-state index is -0.205. The van der Waals surface area contributed by atoms with E-state index in [4.69, 9.17) is 11.6 Å². The molecule has 5 heteroatoms. The van der Waals surface area contributed by atoms with Crippen molar-refractivity contribution >= 4 is 17.5 Å². The number of amides is 1. The lowest BCUT2D eigenvalue weighted by atomic mass is 10.1. The van der Waals surface area contributed by atoms with Crippen LogP contribution in [0.4, 0.5) is 0 Å². The predicted molar refractivity (Wildman–Crippen MR) is 78.9 cm³/mol. The van der Waals surface area contributed by atoms with Gasteiger partial charge in [0.2, 0.25) is 0 Å². The Morgan fingerprint density at radius 2 is 2.30 bits per heavy atom. The standard InChI is InChI=1S/C15H21ClN2O2/c1-2-3-12-7-11(8-14(16)18-12)15(20)17-9-10-4-5-13(19)6-10/h7-8,10,13,19H,2-6,9H2,1H3,(H,17,20).